The first kappa shape index (κ1) is 19.6. The van der Waals surface area contributed by atoms with Gasteiger partial charge in [-0.25, -0.2) is 19.9 Å². The maximum Gasteiger partial charge on any atom is 0.256 e. The molecule has 7 nitrogen and oxygen atoms in total. The van der Waals surface area contributed by atoms with Crippen molar-refractivity contribution in [3.63, 3.8) is 0 Å². The Labute approximate surface area is 181 Å². The van der Waals surface area contributed by atoms with Crippen molar-refractivity contribution in [2.24, 2.45) is 5.92 Å². The highest BCUT2D eigenvalue weighted by Crippen LogP contribution is 2.38. The summed E-state index contributed by atoms with van der Waals surface area (Å²) in [5.74, 6) is 1.48. The Balaban J connectivity index is 1.44. The molecule has 0 aromatic carbocycles. The van der Waals surface area contributed by atoms with Gasteiger partial charge < -0.3 is 9.64 Å². The van der Waals surface area contributed by atoms with Gasteiger partial charge in [-0.05, 0) is 62.8 Å². The lowest BCUT2D eigenvalue weighted by molar-refractivity contribution is -0.0313. The van der Waals surface area contributed by atoms with E-state index in [2.05, 4.69) is 19.9 Å². The molecule has 7 heteroatoms. The van der Waals surface area contributed by atoms with E-state index in [0.29, 0.717) is 28.9 Å². The van der Waals surface area contributed by atoms with Gasteiger partial charge in [-0.1, -0.05) is 6.07 Å². The molecule has 6 rings (SSSR count). The minimum atomic E-state index is -0.0542. The van der Waals surface area contributed by atoms with E-state index in [1.807, 2.05) is 49.2 Å². The summed E-state index contributed by atoms with van der Waals surface area (Å²) in [5, 5.41) is 0. The summed E-state index contributed by atoms with van der Waals surface area (Å²) in [7, 11) is 0. The van der Waals surface area contributed by atoms with Crippen LogP contribution in [0.15, 0.2) is 48.9 Å². The molecule has 3 aromatic rings. The summed E-state index contributed by atoms with van der Waals surface area (Å²) in [5.41, 5.74) is 2.99. The predicted molar refractivity (Wildman–Crippen MR) is 116 cm³/mol. The highest BCUT2D eigenvalue weighted by Gasteiger charge is 2.45. The molecule has 3 aromatic heterocycles. The van der Waals surface area contributed by atoms with Gasteiger partial charge in [0.05, 0.1) is 11.6 Å². The van der Waals surface area contributed by atoms with E-state index in [9.17, 15) is 4.79 Å². The summed E-state index contributed by atoms with van der Waals surface area (Å²) >= 11 is 0. The average molecular weight is 415 g/mol. The number of aryl methyl sites for hydroxylation is 2. The van der Waals surface area contributed by atoms with E-state index in [1.165, 1.54) is 0 Å². The second-order valence-electron chi connectivity index (χ2n) is 8.46. The zero-order valence-electron chi connectivity index (χ0n) is 17.7. The van der Waals surface area contributed by atoms with E-state index in [-0.39, 0.29) is 18.1 Å². The van der Waals surface area contributed by atoms with Crippen LogP contribution in [0, 0.1) is 19.8 Å². The Bertz CT molecular complexity index is 1090. The molecular formula is C24H25N5O2. The molecule has 3 atom stereocenters. The van der Waals surface area contributed by atoms with Gasteiger partial charge in [-0.3, -0.25) is 4.79 Å². The first-order valence-corrected chi connectivity index (χ1v) is 10.7. The summed E-state index contributed by atoms with van der Waals surface area (Å²) in [6.07, 6.45) is 8.10. The number of carbonyl (C=O) groups excluding carboxylic acids is 1. The fourth-order valence-electron chi connectivity index (χ4n) is 4.65. The lowest BCUT2D eigenvalue weighted by Crippen LogP contribution is -2.59. The number of carbonyl (C=O) groups is 1. The highest BCUT2D eigenvalue weighted by atomic mass is 16.5. The maximum absolute atomic E-state index is 13.7. The molecule has 0 N–H and O–H groups in total. The second kappa shape index (κ2) is 8.06. The first-order chi connectivity index (χ1) is 15.1. The smallest absolute Gasteiger partial charge is 0.256 e. The summed E-state index contributed by atoms with van der Waals surface area (Å²) in [4.78, 5) is 33.3. The Kier molecular flexibility index (Phi) is 5.10. The molecule has 3 fully saturated rings. The van der Waals surface area contributed by atoms with Crippen molar-refractivity contribution in [2.45, 2.75) is 45.3 Å². The molecule has 2 aliphatic heterocycles. The number of ether oxygens (including phenoxy) is 1. The SMILES string of the molecule is Cc1ccc(O[C@@H]2CC3CC[C@@H]2N(C(=O)c2ccc(C)nc2-c2ncccn2)C3)nc1. The third kappa shape index (κ3) is 3.87. The first-order valence-electron chi connectivity index (χ1n) is 10.7. The number of fused-ring (bicyclic) bond motifs is 3. The number of aromatic nitrogens is 4. The molecule has 158 valence electrons. The molecule has 1 saturated carbocycles. The van der Waals surface area contributed by atoms with E-state index in [0.717, 1.165) is 37.1 Å². The molecule has 2 bridgehead atoms. The van der Waals surface area contributed by atoms with Gasteiger partial charge in [-0.2, -0.15) is 0 Å². The maximum atomic E-state index is 13.7. The molecule has 1 unspecified atom stereocenters. The molecular weight excluding hydrogens is 390 g/mol. The molecule has 3 aliphatic rings. The number of hydrogen-bond donors (Lipinski definition) is 0. The zero-order valence-corrected chi connectivity index (χ0v) is 17.7. The second-order valence-corrected chi connectivity index (χ2v) is 8.46. The van der Waals surface area contributed by atoms with E-state index >= 15 is 0 Å². The Morgan fingerprint density at radius 1 is 1.06 bits per heavy atom. The number of nitrogens with zero attached hydrogens (tertiary/aromatic N) is 5. The number of amides is 1. The summed E-state index contributed by atoms with van der Waals surface area (Å²) < 4.78 is 6.25. The van der Waals surface area contributed by atoms with Crippen LogP contribution in [0.2, 0.25) is 0 Å². The van der Waals surface area contributed by atoms with Gasteiger partial charge in [-0.15, -0.1) is 0 Å². The third-order valence-electron chi connectivity index (χ3n) is 6.18. The molecule has 2 saturated heterocycles. The Morgan fingerprint density at radius 2 is 1.90 bits per heavy atom. The summed E-state index contributed by atoms with van der Waals surface area (Å²) in [6, 6.07) is 9.38. The fraction of sp³-hybridized carbons (Fsp3) is 0.375. The van der Waals surface area contributed by atoms with E-state index in [4.69, 9.17) is 4.74 Å². The molecule has 1 aliphatic carbocycles. The number of pyridine rings is 2. The van der Waals surface area contributed by atoms with Crippen LogP contribution in [0.1, 0.15) is 40.9 Å². The van der Waals surface area contributed by atoms with Crippen LogP contribution in [0.25, 0.3) is 11.5 Å². The van der Waals surface area contributed by atoms with Crippen LogP contribution in [0.4, 0.5) is 0 Å². The van der Waals surface area contributed by atoms with Gasteiger partial charge in [0.2, 0.25) is 5.88 Å². The van der Waals surface area contributed by atoms with Gasteiger partial charge in [0.1, 0.15) is 11.8 Å². The Hall–Kier alpha value is -3.35. The number of hydrogen-bond acceptors (Lipinski definition) is 6. The predicted octanol–water partition coefficient (Wildman–Crippen LogP) is 3.62. The van der Waals surface area contributed by atoms with Gasteiger partial charge >= 0.3 is 0 Å². The monoisotopic (exact) mass is 415 g/mol. The fourth-order valence-corrected chi connectivity index (χ4v) is 4.65. The van der Waals surface area contributed by atoms with Crippen LogP contribution in [0.5, 0.6) is 5.88 Å². The van der Waals surface area contributed by atoms with Crippen molar-refractivity contribution in [3.05, 3.63) is 65.7 Å². The van der Waals surface area contributed by atoms with Crippen molar-refractivity contribution in [2.75, 3.05) is 6.54 Å². The average Bonchev–Trinajstić information content (AvgIpc) is 2.81. The van der Waals surface area contributed by atoms with Crippen molar-refractivity contribution in [1.82, 2.24) is 24.8 Å². The van der Waals surface area contributed by atoms with Crippen molar-refractivity contribution in [1.29, 1.82) is 0 Å². The third-order valence-corrected chi connectivity index (χ3v) is 6.18. The van der Waals surface area contributed by atoms with E-state index < -0.39 is 0 Å². The van der Waals surface area contributed by atoms with Crippen LogP contribution in [0.3, 0.4) is 0 Å². The van der Waals surface area contributed by atoms with Crippen molar-refractivity contribution in [3.8, 4) is 17.4 Å². The van der Waals surface area contributed by atoms with Gasteiger partial charge in [0.15, 0.2) is 5.82 Å². The van der Waals surface area contributed by atoms with Crippen LogP contribution in [-0.2, 0) is 0 Å². The topological polar surface area (TPSA) is 81.1 Å². The van der Waals surface area contributed by atoms with Crippen LogP contribution in [-0.4, -0.2) is 49.4 Å². The lowest BCUT2D eigenvalue weighted by Gasteiger charge is -2.49. The molecule has 0 radical (unpaired) electrons. The van der Waals surface area contributed by atoms with Crippen molar-refractivity contribution >= 4 is 5.91 Å². The lowest BCUT2D eigenvalue weighted by atomic mass is 9.77. The number of piperidine rings is 2. The molecule has 0 spiro atoms. The highest BCUT2D eigenvalue weighted by molar-refractivity contribution is 5.99. The minimum Gasteiger partial charge on any atom is -0.472 e. The van der Waals surface area contributed by atoms with Crippen LogP contribution < -0.4 is 4.74 Å². The van der Waals surface area contributed by atoms with Gasteiger partial charge in [0, 0.05) is 36.9 Å². The standard InChI is InChI=1S/C24H25N5O2/c1-15-4-9-21(27-13-15)31-20-12-17-6-8-19(20)29(14-17)24(30)18-7-5-16(2)28-22(18)23-25-10-3-11-26-23/h3-5,7,9-11,13,17,19-20H,6,8,12,14H2,1-2H3/t17?,19-,20+/m0/s1. The van der Waals surface area contributed by atoms with Crippen LogP contribution >= 0.6 is 0 Å². The largest absolute Gasteiger partial charge is 0.472 e. The van der Waals surface area contributed by atoms with Gasteiger partial charge in [0.25, 0.3) is 5.91 Å². The minimum absolute atomic E-state index is 0.0199. The molecule has 1 amide bonds. The summed E-state index contributed by atoms with van der Waals surface area (Å²) in [6.45, 7) is 4.65. The van der Waals surface area contributed by atoms with E-state index in [1.54, 1.807) is 18.5 Å². The molecule has 5 heterocycles. The Morgan fingerprint density at radius 3 is 2.65 bits per heavy atom. The normalized spacial score (nSPS) is 22.4. The van der Waals surface area contributed by atoms with Crippen molar-refractivity contribution < 1.29 is 9.53 Å². The molecule has 31 heavy (non-hydrogen) atoms. The number of rotatable bonds is 4. The zero-order chi connectivity index (χ0) is 21.4. The quantitative estimate of drug-likeness (QED) is 0.647.